The van der Waals surface area contributed by atoms with Crippen LogP contribution in [0.25, 0.3) is 0 Å². The first-order chi connectivity index (χ1) is 8.31. The van der Waals surface area contributed by atoms with Crippen molar-refractivity contribution in [2.45, 2.75) is 45.1 Å². The second kappa shape index (κ2) is 5.89. The standard InChI is InChI=1S/C16H20O/c1-2-3-4-9-16(17)15-11-10-13-7-5-6-8-14(13)12-15/h5-8,15-17H,4,9-12H2,1H3. The summed E-state index contributed by atoms with van der Waals surface area (Å²) >= 11 is 0. The highest BCUT2D eigenvalue weighted by Crippen LogP contribution is 2.28. The third kappa shape index (κ3) is 3.11. The summed E-state index contributed by atoms with van der Waals surface area (Å²) in [6, 6.07) is 8.60. The van der Waals surface area contributed by atoms with E-state index < -0.39 is 0 Å². The molecule has 2 rings (SSSR count). The molecule has 1 heteroatoms. The highest BCUT2D eigenvalue weighted by molar-refractivity contribution is 5.29. The SMILES string of the molecule is CC#CCCC(O)C1CCc2ccccc2C1. The molecule has 17 heavy (non-hydrogen) atoms. The second-order valence-electron chi connectivity index (χ2n) is 4.80. The number of benzene rings is 1. The summed E-state index contributed by atoms with van der Waals surface area (Å²) in [5.74, 6) is 6.33. The summed E-state index contributed by atoms with van der Waals surface area (Å²) in [6.45, 7) is 1.85. The van der Waals surface area contributed by atoms with Gasteiger partial charge in [-0.05, 0) is 49.7 Å². The zero-order valence-corrected chi connectivity index (χ0v) is 10.4. The molecule has 0 aliphatic heterocycles. The maximum absolute atomic E-state index is 10.2. The number of hydrogen-bond acceptors (Lipinski definition) is 1. The molecule has 2 unspecified atom stereocenters. The molecule has 0 spiro atoms. The molecule has 0 aromatic heterocycles. The van der Waals surface area contributed by atoms with Crippen LogP contribution in [-0.2, 0) is 12.8 Å². The van der Waals surface area contributed by atoms with Crippen molar-refractivity contribution in [2.24, 2.45) is 5.92 Å². The molecule has 1 aliphatic rings. The van der Waals surface area contributed by atoms with Crippen LogP contribution in [-0.4, -0.2) is 11.2 Å². The lowest BCUT2D eigenvalue weighted by atomic mass is 9.80. The van der Waals surface area contributed by atoms with E-state index in [-0.39, 0.29) is 6.10 Å². The van der Waals surface area contributed by atoms with E-state index in [4.69, 9.17) is 0 Å². The van der Waals surface area contributed by atoms with Crippen LogP contribution in [0.5, 0.6) is 0 Å². The number of fused-ring (bicyclic) bond motifs is 1. The minimum atomic E-state index is -0.191. The van der Waals surface area contributed by atoms with Gasteiger partial charge in [0.1, 0.15) is 0 Å². The molecule has 0 saturated heterocycles. The van der Waals surface area contributed by atoms with Gasteiger partial charge in [-0.1, -0.05) is 24.3 Å². The monoisotopic (exact) mass is 228 g/mol. The Morgan fingerprint density at radius 2 is 2.12 bits per heavy atom. The van der Waals surface area contributed by atoms with Gasteiger partial charge in [0.2, 0.25) is 0 Å². The molecule has 2 atom stereocenters. The smallest absolute Gasteiger partial charge is 0.0580 e. The van der Waals surface area contributed by atoms with E-state index in [1.807, 2.05) is 6.92 Å². The molecule has 1 aliphatic carbocycles. The van der Waals surface area contributed by atoms with Crippen molar-refractivity contribution >= 4 is 0 Å². The van der Waals surface area contributed by atoms with E-state index in [1.54, 1.807) is 0 Å². The number of aliphatic hydroxyl groups excluding tert-OH is 1. The van der Waals surface area contributed by atoms with Crippen LogP contribution in [0, 0.1) is 17.8 Å². The summed E-state index contributed by atoms with van der Waals surface area (Å²) in [5, 5.41) is 10.2. The van der Waals surface area contributed by atoms with Crippen molar-refractivity contribution in [3.63, 3.8) is 0 Å². The Labute approximate surface area is 104 Å². The molecule has 0 bridgehead atoms. The van der Waals surface area contributed by atoms with Crippen LogP contribution >= 0.6 is 0 Å². The largest absolute Gasteiger partial charge is 0.393 e. The summed E-state index contributed by atoms with van der Waals surface area (Å²) in [6.07, 6.45) is 4.68. The molecule has 1 N–H and O–H groups in total. The van der Waals surface area contributed by atoms with E-state index in [9.17, 15) is 5.11 Å². The Kier molecular flexibility index (Phi) is 4.23. The fraction of sp³-hybridized carbons (Fsp3) is 0.500. The number of rotatable bonds is 3. The number of aryl methyl sites for hydroxylation is 1. The maximum atomic E-state index is 10.2. The molecule has 1 nitrogen and oxygen atoms in total. The lowest BCUT2D eigenvalue weighted by Gasteiger charge is -2.28. The van der Waals surface area contributed by atoms with Crippen LogP contribution in [0.3, 0.4) is 0 Å². The number of hydrogen-bond donors (Lipinski definition) is 1. The first-order valence-corrected chi connectivity index (χ1v) is 6.45. The van der Waals surface area contributed by atoms with Gasteiger partial charge in [-0.3, -0.25) is 0 Å². The molecule has 90 valence electrons. The molecule has 0 amide bonds. The molecule has 1 aromatic rings. The first kappa shape index (κ1) is 12.2. The lowest BCUT2D eigenvalue weighted by Crippen LogP contribution is -2.26. The van der Waals surface area contributed by atoms with Gasteiger partial charge in [-0.25, -0.2) is 0 Å². The fourth-order valence-corrected chi connectivity index (χ4v) is 2.64. The molecular weight excluding hydrogens is 208 g/mol. The maximum Gasteiger partial charge on any atom is 0.0580 e. The topological polar surface area (TPSA) is 20.2 Å². The summed E-state index contributed by atoms with van der Waals surface area (Å²) in [4.78, 5) is 0. The zero-order valence-electron chi connectivity index (χ0n) is 10.4. The molecule has 0 heterocycles. The molecule has 0 saturated carbocycles. The zero-order chi connectivity index (χ0) is 12.1. The van der Waals surface area contributed by atoms with Gasteiger partial charge in [0.15, 0.2) is 0 Å². The van der Waals surface area contributed by atoms with Gasteiger partial charge < -0.3 is 5.11 Å². The van der Waals surface area contributed by atoms with Crippen molar-refractivity contribution in [3.8, 4) is 11.8 Å². The first-order valence-electron chi connectivity index (χ1n) is 6.45. The Bertz CT molecular complexity index is 425. The lowest BCUT2D eigenvalue weighted by molar-refractivity contribution is 0.0922. The van der Waals surface area contributed by atoms with Crippen LogP contribution in [0.15, 0.2) is 24.3 Å². The third-order valence-corrected chi connectivity index (χ3v) is 3.67. The molecule has 0 radical (unpaired) electrons. The Hall–Kier alpha value is -1.26. The Balaban J connectivity index is 1.94. The van der Waals surface area contributed by atoms with Gasteiger partial charge in [0, 0.05) is 6.42 Å². The highest BCUT2D eigenvalue weighted by Gasteiger charge is 2.23. The average Bonchev–Trinajstić information content (AvgIpc) is 2.38. The van der Waals surface area contributed by atoms with Crippen LogP contribution in [0.1, 0.15) is 37.3 Å². The van der Waals surface area contributed by atoms with Crippen molar-refractivity contribution < 1.29 is 5.11 Å². The Morgan fingerprint density at radius 1 is 1.35 bits per heavy atom. The van der Waals surface area contributed by atoms with E-state index in [0.717, 1.165) is 32.1 Å². The summed E-state index contributed by atoms with van der Waals surface area (Å²) in [7, 11) is 0. The van der Waals surface area contributed by atoms with E-state index >= 15 is 0 Å². The fourth-order valence-electron chi connectivity index (χ4n) is 2.64. The average molecular weight is 228 g/mol. The van der Waals surface area contributed by atoms with Crippen molar-refractivity contribution in [1.29, 1.82) is 0 Å². The van der Waals surface area contributed by atoms with Gasteiger partial charge in [-0.2, -0.15) is 0 Å². The van der Waals surface area contributed by atoms with E-state index in [2.05, 4.69) is 36.1 Å². The molecule has 1 aromatic carbocycles. The molecule has 0 fully saturated rings. The quantitative estimate of drug-likeness (QED) is 0.789. The highest BCUT2D eigenvalue weighted by atomic mass is 16.3. The van der Waals surface area contributed by atoms with Crippen molar-refractivity contribution in [2.75, 3.05) is 0 Å². The van der Waals surface area contributed by atoms with Crippen LogP contribution < -0.4 is 0 Å². The molecular formula is C16H20O. The predicted octanol–water partition coefficient (Wildman–Crippen LogP) is 2.96. The minimum Gasteiger partial charge on any atom is -0.393 e. The summed E-state index contributed by atoms with van der Waals surface area (Å²) in [5.41, 5.74) is 2.88. The Morgan fingerprint density at radius 3 is 2.88 bits per heavy atom. The van der Waals surface area contributed by atoms with Gasteiger partial charge >= 0.3 is 0 Å². The van der Waals surface area contributed by atoms with Gasteiger partial charge in [0.05, 0.1) is 6.10 Å². The summed E-state index contributed by atoms with van der Waals surface area (Å²) < 4.78 is 0. The van der Waals surface area contributed by atoms with Crippen molar-refractivity contribution in [3.05, 3.63) is 35.4 Å². The predicted molar refractivity (Wildman–Crippen MR) is 70.6 cm³/mol. The van der Waals surface area contributed by atoms with E-state index in [0.29, 0.717) is 5.92 Å². The van der Waals surface area contributed by atoms with Crippen LogP contribution in [0.4, 0.5) is 0 Å². The van der Waals surface area contributed by atoms with Crippen molar-refractivity contribution in [1.82, 2.24) is 0 Å². The van der Waals surface area contributed by atoms with Gasteiger partial charge in [-0.15, -0.1) is 11.8 Å². The minimum absolute atomic E-state index is 0.191. The van der Waals surface area contributed by atoms with E-state index in [1.165, 1.54) is 11.1 Å². The third-order valence-electron chi connectivity index (χ3n) is 3.67. The number of aliphatic hydroxyl groups is 1. The van der Waals surface area contributed by atoms with Gasteiger partial charge in [0.25, 0.3) is 0 Å². The second-order valence-corrected chi connectivity index (χ2v) is 4.80. The normalized spacial score (nSPS) is 20.0. The van der Waals surface area contributed by atoms with Crippen LogP contribution in [0.2, 0.25) is 0 Å².